The van der Waals surface area contributed by atoms with Crippen molar-refractivity contribution in [1.29, 1.82) is 0 Å². The van der Waals surface area contributed by atoms with Crippen molar-refractivity contribution in [3.63, 3.8) is 0 Å². The maximum atomic E-state index is 11.2. The third-order valence-corrected chi connectivity index (χ3v) is 1.78. The van der Waals surface area contributed by atoms with Gasteiger partial charge in [0.25, 0.3) is 5.60 Å². The fourth-order valence-electron chi connectivity index (χ4n) is 0.930. The van der Waals surface area contributed by atoms with E-state index in [2.05, 4.69) is 9.47 Å². The molecule has 82 valence electrons. The number of carbonyl (C=O) groups excluding carboxylic acids is 1. The maximum absolute atomic E-state index is 11.2. The minimum atomic E-state index is -1.97. The number of esters is 1. The van der Waals surface area contributed by atoms with Gasteiger partial charge in [-0.15, -0.1) is 0 Å². The quantitative estimate of drug-likeness (QED) is 0.374. The van der Waals surface area contributed by atoms with Crippen molar-refractivity contribution in [3.05, 3.63) is 0 Å². The van der Waals surface area contributed by atoms with Gasteiger partial charge in [-0.2, -0.15) is 0 Å². The Morgan fingerprint density at radius 3 is 2.21 bits per heavy atom. The molecule has 0 aromatic carbocycles. The molecule has 0 radical (unpaired) electrons. The molecule has 0 bridgehead atoms. The molecular formula is C8H14O6. The van der Waals surface area contributed by atoms with Crippen LogP contribution in [-0.2, 0) is 23.8 Å². The summed E-state index contributed by atoms with van der Waals surface area (Å²) in [6, 6.07) is 0. The lowest BCUT2D eigenvalue weighted by atomic mass is 10.0. The smallest absolute Gasteiger partial charge is 0.350 e. The van der Waals surface area contributed by atoms with Crippen molar-refractivity contribution in [2.75, 3.05) is 21.0 Å². The van der Waals surface area contributed by atoms with Gasteiger partial charge in [0, 0.05) is 7.11 Å². The number of hydrogen-bond donors (Lipinski definition) is 1. The lowest BCUT2D eigenvalue weighted by Crippen LogP contribution is -2.49. The number of rotatable bonds is 6. The van der Waals surface area contributed by atoms with Crippen LogP contribution in [0.3, 0.4) is 0 Å². The molecule has 0 aliphatic heterocycles. The second-order valence-corrected chi connectivity index (χ2v) is 2.53. The number of ether oxygens (including phenoxy) is 3. The van der Waals surface area contributed by atoms with E-state index in [-0.39, 0.29) is 13.2 Å². The SMILES string of the molecule is CCC(OCOC)(C(=O)O)C(=O)OC. The van der Waals surface area contributed by atoms with Crippen molar-refractivity contribution in [2.45, 2.75) is 18.9 Å². The summed E-state index contributed by atoms with van der Waals surface area (Å²) < 4.78 is 13.8. The van der Waals surface area contributed by atoms with E-state index in [0.717, 1.165) is 7.11 Å². The summed E-state index contributed by atoms with van der Waals surface area (Å²) >= 11 is 0. The van der Waals surface area contributed by atoms with Crippen LogP contribution in [0.2, 0.25) is 0 Å². The van der Waals surface area contributed by atoms with Crippen molar-refractivity contribution in [3.8, 4) is 0 Å². The summed E-state index contributed by atoms with van der Waals surface area (Å²) in [4.78, 5) is 22.1. The molecule has 1 unspecified atom stereocenters. The molecule has 6 heteroatoms. The minimum absolute atomic E-state index is 0.0294. The van der Waals surface area contributed by atoms with Gasteiger partial charge in [-0.3, -0.25) is 0 Å². The molecule has 0 aliphatic carbocycles. The summed E-state index contributed by atoms with van der Waals surface area (Å²) in [5.41, 5.74) is -1.97. The van der Waals surface area contributed by atoms with E-state index in [1.807, 2.05) is 0 Å². The first-order valence-electron chi connectivity index (χ1n) is 3.99. The predicted molar refractivity (Wildman–Crippen MR) is 45.6 cm³/mol. The Kier molecular flexibility index (Phi) is 5.11. The molecule has 0 fully saturated rings. The van der Waals surface area contributed by atoms with Gasteiger partial charge in [-0.05, 0) is 6.42 Å². The zero-order chi connectivity index (χ0) is 11.2. The van der Waals surface area contributed by atoms with Crippen molar-refractivity contribution >= 4 is 11.9 Å². The van der Waals surface area contributed by atoms with Crippen molar-refractivity contribution < 1.29 is 28.9 Å². The standard InChI is InChI=1S/C8H14O6/c1-4-8(6(9)10,7(11)13-3)14-5-12-2/h4-5H2,1-3H3,(H,9,10). The molecule has 6 nitrogen and oxygen atoms in total. The van der Waals surface area contributed by atoms with Crippen LogP contribution in [0, 0.1) is 0 Å². The third kappa shape index (κ3) is 2.43. The monoisotopic (exact) mass is 206 g/mol. The summed E-state index contributed by atoms with van der Waals surface area (Å²) in [6.45, 7) is 1.23. The van der Waals surface area contributed by atoms with Crippen molar-refractivity contribution in [2.24, 2.45) is 0 Å². The van der Waals surface area contributed by atoms with Crippen LogP contribution in [0.25, 0.3) is 0 Å². The van der Waals surface area contributed by atoms with E-state index in [1.54, 1.807) is 0 Å². The van der Waals surface area contributed by atoms with E-state index in [1.165, 1.54) is 14.0 Å². The van der Waals surface area contributed by atoms with Gasteiger partial charge in [0.05, 0.1) is 7.11 Å². The van der Waals surface area contributed by atoms with Crippen LogP contribution in [-0.4, -0.2) is 43.7 Å². The molecule has 14 heavy (non-hydrogen) atoms. The highest BCUT2D eigenvalue weighted by atomic mass is 16.7. The lowest BCUT2D eigenvalue weighted by molar-refractivity contribution is -0.199. The van der Waals surface area contributed by atoms with Crippen LogP contribution >= 0.6 is 0 Å². The highest BCUT2D eigenvalue weighted by Crippen LogP contribution is 2.18. The summed E-state index contributed by atoms with van der Waals surface area (Å²) in [7, 11) is 2.44. The van der Waals surface area contributed by atoms with Gasteiger partial charge >= 0.3 is 11.9 Å². The first-order valence-corrected chi connectivity index (χ1v) is 3.99. The predicted octanol–water partition coefficient (Wildman–Crippen LogP) is 0.0133. The van der Waals surface area contributed by atoms with Crippen LogP contribution in [0.15, 0.2) is 0 Å². The average molecular weight is 206 g/mol. The van der Waals surface area contributed by atoms with Gasteiger partial charge < -0.3 is 19.3 Å². The number of carbonyl (C=O) groups is 2. The first-order chi connectivity index (χ1) is 6.55. The average Bonchev–Trinajstić information content (AvgIpc) is 2.18. The van der Waals surface area contributed by atoms with Crippen LogP contribution in [0.5, 0.6) is 0 Å². The van der Waals surface area contributed by atoms with Gasteiger partial charge in [0.2, 0.25) is 0 Å². The zero-order valence-corrected chi connectivity index (χ0v) is 8.40. The normalized spacial score (nSPS) is 14.5. The van der Waals surface area contributed by atoms with Crippen molar-refractivity contribution in [1.82, 2.24) is 0 Å². The second-order valence-electron chi connectivity index (χ2n) is 2.53. The molecule has 0 aromatic rings. The Bertz CT molecular complexity index is 214. The minimum Gasteiger partial charge on any atom is -0.479 e. The van der Waals surface area contributed by atoms with Gasteiger partial charge in [-0.1, -0.05) is 6.92 Å². The second kappa shape index (κ2) is 5.56. The Morgan fingerprint density at radius 1 is 1.36 bits per heavy atom. The number of carboxylic acids is 1. The molecule has 0 aromatic heterocycles. The zero-order valence-electron chi connectivity index (χ0n) is 8.40. The van der Waals surface area contributed by atoms with Gasteiger partial charge in [0.1, 0.15) is 6.79 Å². The van der Waals surface area contributed by atoms with E-state index in [0.29, 0.717) is 0 Å². The topological polar surface area (TPSA) is 82.1 Å². The van der Waals surface area contributed by atoms with Gasteiger partial charge in [-0.25, -0.2) is 9.59 Å². The summed E-state index contributed by atoms with van der Waals surface area (Å²) in [5, 5.41) is 8.87. The Hall–Kier alpha value is -1.14. The molecule has 0 rings (SSSR count). The molecule has 1 atom stereocenters. The highest BCUT2D eigenvalue weighted by Gasteiger charge is 2.47. The molecule has 0 aliphatic rings. The van der Waals surface area contributed by atoms with Crippen LogP contribution in [0.4, 0.5) is 0 Å². The Labute approximate surface area is 81.8 Å². The molecule has 0 amide bonds. The Balaban J connectivity index is 4.78. The fourth-order valence-corrected chi connectivity index (χ4v) is 0.930. The molecule has 0 saturated heterocycles. The largest absolute Gasteiger partial charge is 0.479 e. The van der Waals surface area contributed by atoms with E-state index >= 15 is 0 Å². The highest BCUT2D eigenvalue weighted by molar-refractivity contribution is 6.02. The number of methoxy groups -OCH3 is 2. The number of hydrogen-bond acceptors (Lipinski definition) is 5. The van der Waals surface area contributed by atoms with E-state index < -0.39 is 17.5 Å². The van der Waals surface area contributed by atoms with E-state index in [9.17, 15) is 9.59 Å². The first kappa shape index (κ1) is 12.9. The maximum Gasteiger partial charge on any atom is 0.350 e. The van der Waals surface area contributed by atoms with E-state index in [4.69, 9.17) is 9.84 Å². The molecule has 1 N–H and O–H groups in total. The summed E-state index contributed by atoms with van der Waals surface area (Å²) in [6.07, 6.45) is -0.0294. The third-order valence-electron chi connectivity index (χ3n) is 1.78. The number of aliphatic carboxylic acids is 1. The molecule has 0 saturated carbocycles. The molecule has 0 spiro atoms. The number of carboxylic acid groups (broad SMARTS) is 1. The summed E-state index contributed by atoms with van der Waals surface area (Å²) in [5.74, 6) is -2.33. The van der Waals surface area contributed by atoms with Gasteiger partial charge in [0.15, 0.2) is 0 Å². The molecule has 0 heterocycles. The molecular weight excluding hydrogens is 192 g/mol. The fraction of sp³-hybridized carbons (Fsp3) is 0.750. The van der Waals surface area contributed by atoms with Crippen LogP contribution in [0.1, 0.15) is 13.3 Å². The lowest BCUT2D eigenvalue weighted by Gasteiger charge is -2.24. The van der Waals surface area contributed by atoms with Crippen LogP contribution < -0.4 is 0 Å². The Morgan fingerprint density at radius 2 is 1.93 bits per heavy atom.